The number of nitrogens with zero attached hydrogens (tertiary/aromatic N) is 2. The van der Waals surface area contributed by atoms with Gasteiger partial charge >= 0.3 is 0 Å². The van der Waals surface area contributed by atoms with Crippen LogP contribution in [0.2, 0.25) is 0 Å². The summed E-state index contributed by atoms with van der Waals surface area (Å²) in [4.78, 5) is 18.6. The number of halogens is 1. The summed E-state index contributed by atoms with van der Waals surface area (Å²) in [6.45, 7) is 1.30. The Bertz CT molecular complexity index is 543. The first-order valence-electron chi connectivity index (χ1n) is 5.00. The SMILES string of the molecule is CC(=O)Nc1ncc(-c2cccnc2)cc1F. The van der Waals surface area contributed by atoms with Gasteiger partial charge < -0.3 is 5.32 Å². The molecule has 1 amide bonds. The van der Waals surface area contributed by atoms with Crippen molar-refractivity contribution in [3.05, 3.63) is 42.6 Å². The number of aromatic nitrogens is 2. The second kappa shape index (κ2) is 4.69. The Morgan fingerprint density at radius 1 is 1.35 bits per heavy atom. The molecule has 0 saturated heterocycles. The number of anilines is 1. The fourth-order valence-corrected chi connectivity index (χ4v) is 1.39. The molecular weight excluding hydrogens is 221 g/mol. The van der Waals surface area contributed by atoms with Crippen molar-refractivity contribution in [3.63, 3.8) is 0 Å². The van der Waals surface area contributed by atoms with Crippen LogP contribution in [-0.4, -0.2) is 15.9 Å². The van der Waals surface area contributed by atoms with Gasteiger partial charge in [0.15, 0.2) is 11.6 Å². The molecule has 86 valence electrons. The summed E-state index contributed by atoms with van der Waals surface area (Å²) in [5, 5.41) is 2.31. The maximum absolute atomic E-state index is 13.6. The molecule has 1 N–H and O–H groups in total. The van der Waals surface area contributed by atoms with Gasteiger partial charge in [-0.3, -0.25) is 9.78 Å². The predicted molar refractivity (Wildman–Crippen MR) is 61.7 cm³/mol. The van der Waals surface area contributed by atoms with Crippen molar-refractivity contribution in [2.75, 3.05) is 5.32 Å². The van der Waals surface area contributed by atoms with Gasteiger partial charge in [0, 0.05) is 36.6 Å². The van der Waals surface area contributed by atoms with Crippen LogP contribution in [0, 0.1) is 5.82 Å². The maximum Gasteiger partial charge on any atom is 0.222 e. The zero-order valence-corrected chi connectivity index (χ0v) is 9.14. The number of carbonyl (C=O) groups excluding carboxylic acids is 1. The highest BCUT2D eigenvalue weighted by Gasteiger charge is 2.07. The van der Waals surface area contributed by atoms with Crippen LogP contribution in [0.5, 0.6) is 0 Å². The minimum Gasteiger partial charge on any atom is -0.308 e. The summed E-state index contributed by atoms with van der Waals surface area (Å²) in [6, 6.07) is 4.88. The van der Waals surface area contributed by atoms with E-state index in [2.05, 4.69) is 15.3 Å². The third-order valence-electron chi connectivity index (χ3n) is 2.13. The Morgan fingerprint density at radius 3 is 2.76 bits per heavy atom. The topological polar surface area (TPSA) is 54.9 Å². The Hall–Kier alpha value is -2.30. The molecule has 2 aromatic heterocycles. The molecule has 17 heavy (non-hydrogen) atoms. The Morgan fingerprint density at radius 2 is 2.18 bits per heavy atom. The molecule has 5 heteroatoms. The molecule has 0 atom stereocenters. The number of pyridine rings is 2. The Labute approximate surface area is 97.5 Å². The van der Waals surface area contributed by atoms with Crippen molar-refractivity contribution in [3.8, 4) is 11.1 Å². The van der Waals surface area contributed by atoms with Crippen LogP contribution in [0.1, 0.15) is 6.92 Å². The molecule has 2 heterocycles. The molecule has 0 saturated carbocycles. The summed E-state index contributed by atoms with van der Waals surface area (Å²) < 4.78 is 13.6. The number of hydrogen-bond donors (Lipinski definition) is 1. The summed E-state index contributed by atoms with van der Waals surface area (Å²) in [6.07, 6.45) is 4.75. The van der Waals surface area contributed by atoms with Gasteiger partial charge in [0.1, 0.15) is 0 Å². The summed E-state index contributed by atoms with van der Waals surface area (Å²) >= 11 is 0. The average Bonchev–Trinajstić information content (AvgIpc) is 2.32. The third-order valence-corrected chi connectivity index (χ3v) is 2.13. The summed E-state index contributed by atoms with van der Waals surface area (Å²) in [5.41, 5.74) is 1.39. The van der Waals surface area contributed by atoms with E-state index in [-0.39, 0.29) is 11.7 Å². The molecule has 0 unspecified atom stereocenters. The van der Waals surface area contributed by atoms with Crippen LogP contribution >= 0.6 is 0 Å². The van der Waals surface area contributed by atoms with Gasteiger partial charge in [-0.2, -0.15) is 0 Å². The van der Waals surface area contributed by atoms with E-state index in [0.717, 1.165) is 5.56 Å². The number of nitrogens with one attached hydrogen (secondary N) is 1. The second-order valence-electron chi connectivity index (χ2n) is 3.48. The summed E-state index contributed by atoms with van der Waals surface area (Å²) in [5.74, 6) is -0.989. The lowest BCUT2D eigenvalue weighted by molar-refractivity contribution is -0.114. The predicted octanol–water partition coefficient (Wildman–Crippen LogP) is 2.24. The average molecular weight is 231 g/mol. The normalized spacial score (nSPS) is 10.0. The lowest BCUT2D eigenvalue weighted by atomic mass is 10.1. The van der Waals surface area contributed by atoms with Gasteiger partial charge in [0.25, 0.3) is 0 Å². The molecule has 0 spiro atoms. The lowest BCUT2D eigenvalue weighted by Crippen LogP contribution is -2.09. The smallest absolute Gasteiger partial charge is 0.222 e. The highest BCUT2D eigenvalue weighted by molar-refractivity contribution is 5.87. The molecule has 2 rings (SSSR count). The van der Waals surface area contributed by atoms with Gasteiger partial charge in [-0.25, -0.2) is 9.37 Å². The van der Waals surface area contributed by atoms with Crippen molar-refractivity contribution in [2.24, 2.45) is 0 Å². The molecule has 0 aliphatic carbocycles. The Kier molecular flexibility index (Phi) is 3.09. The molecule has 0 aliphatic rings. The molecule has 4 nitrogen and oxygen atoms in total. The van der Waals surface area contributed by atoms with Crippen molar-refractivity contribution in [2.45, 2.75) is 6.92 Å². The summed E-state index contributed by atoms with van der Waals surface area (Å²) in [7, 11) is 0. The number of hydrogen-bond acceptors (Lipinski definition) is 3. The number of carbonyl (C=O) groups is 1. The minimum atomic E-state index is -0.568. The maximum atomic E-state index is 13.6. The van der Waals surface area contributed by atoms with Gasteiger partial charge in [0.2, 0.25) is 5.91 Å². The standard InChI is InChI=1S/C12H10FN3O/c1-8(17)16-12-11(13)5-10(7-15-12)9-3-2-4-14-6-9/h2-7H,1H3,(H,15,16,17). The Balaban J connectivity index is 2.34. The van der Waals surface area contributed by atoms with Gasteiger partial charge in [-0.15, -0.1) is 0 Å². The minimum absolute atomic E-state index is 0.0647. The van der Waals surface area contributed by atoms with E-state index in [1.165, 1.54) is 19.2 Å². The van der Waals surface area contributed by atoms with E-state index in [1.807, 2.05) is 6.07 Å². The first-order valence-corrected chi connectivity index (χ1v) is 5.00. The van der Waals surface area contributed by atoms with Crippen LogP contribution in [0.3, 0.4) is 0 Å². The van der Waals surface area contributed by atoms with E-state index < -0.39 is 5.82 Å². The molecule has 2 aromatic rings. The zero-order chi connectivity index (χ0) is 12.3. The lowest BCUT2D eigenvalue weighted by Gasteiger charge is -2.05. The highest BCUT2D eigenvalue weighted by Crippen LogP contribution is 2.21. The first-order chi connectivity index (χ1) is 8.16. The van der Waals surface area contributed by atoms with Crippen LogP contribution in [-0.2, 0) is 4.79 Å². The van der Waals surface area contributed by atoms with E-state index in [0.29, 0.717) is 5.56 Å². The van der Waals surface area contributed by atoms with Crippen LogP contribution in [0.25, 0.3) is 11.1 Å². The molecule has 0 fully saturated rings. The van der Waals surface area contributed by atoms with Crippen molar-refractivity contribution in [1.29, 1.82) is 0 Å². The largest absolute Gasteiger partial charge is 0.308 e. The van der Waals surface area contributed by atoms with Crippen LogP contribution < -0.4 is 5.32 Å². The van der Waals surface area contributed by atoms with E-state index >= 15 is 0 Å². The van der Waals surface area contributed by atoms with Gasteiger partial charge in [-0.05, 0) is 12.1 Å². The fraction of sp³-hybridized carbons (Fsp3) is 0.0833. The molecule has 0 aromatic carbocycles. The van der Waals surface area contributed by atoms with E-state index in [4.69, 9.17) is 0 Å². The quantitative estimate of drug-likeness (QED) is 0.862. The first kappa shape index (κ1) is 11.2. The zero-order valence-electron chi connectivity index (χ0n) is 9.14. The molecule has 0 radical (unpaired) electrons. The van der Waals surface area contributed by atoms with Gasteiger partial charge in [-0.1, -0.05) is 6.07 Å². The third kappa shape index (κ3) is 2.63. The highest BCUT2D eigenvalue weighted by atomic mass is 19.1. The van der Waals surface area contributed by atoms with Crippen molar-refractivity contribution in [1.82, 2.24) is 9.97 Å². The molecule has 0 aliphatic heterocycles. The number of amides is 1. The van der Waals surface area contributed by atoms with Crippen LogP contribution in [0.15, 0.2) is 36.8 Å². The molecule has 0 bridgehead atoms. The molecular formula is C12H10FN3O. The number of rotatable bonds is 2. The van der Waals surface area contributed by atoms with Crippen molar-refractivity contribution >= 4 is 11.7 Å². The fourth-order valence-electron chi connectivity index (χ4n) is 1.39. The monoisotopic (exact) mass is 231 g/mol. The van der Waals surface area contributed by atoms with Crippen LogP contribution in [0.4, 0.5) is 10.2 Å². The van der Waals surface area contributed by atoms with E-state index in [9.17, 15) is 9.18 Å². The second-order valence-corrected chi connectivity index (χ2v) is 3.48. The van der Waals surface area contributed by atoms with Crippen molar-refractivity contribution < 1.29 is 9.18 Å². The van der Waals surface area contributed by atoms with Gasteiger partial charge in [0.05, 0.1) is 0 Å². The van der Waals surface area contributed by atoms with E-state index in [1.54, 1.807) is 18.5 Å².